The van der Waals surface area contributed by atoms with Gasteiger partial charge < -0.3 is 19.8 Å². The lowest BCUT2D eigenvalue weighted by atomic mass is 10.1. The smallest absolute Gasteiger partial charge is 0.231 e. The number of nitrogens with two attached hydrogens (primary N) is 1. The second kappa shape index (κ2) is 7.38. The lowest BCUT2D eigenvalue weighted by Gasteiger charge is -2.09. The Morgan fingerprint density at radius 3 is 2.62 bits per heavy atom. The molecule has 8 heteroatoms. The maximum absolute atomic E-state index is 6.48. The van der Waals surface area contributed by atoms with E-state index in [0.29, 0.717) is 11.7 Å². The largest absolute Gasteiger partial charge is 0.454 e. The van der Waals surface area contributed by atoms with Crippen molar-refractivity contribution < 1.29 is 9.47 Å². The van der Waals surface area contributed by atoms with Gasteiger partial charge in [-0.1, -0.05) is 41.9 Å². The summed E-state index contributed by atoms with van der Waals surface area (Å²) in [6.07, 6.45) is 2.81. The number of hydrogen-bond donors (Lipinski definition) is 1. The molecule has 0 radical (unpaired) electrons. The zero-order chi connectivity index (χ0) is 20.0. The number of anilines is 1. The Bertz CT molecular complexity index is 1230. The van der Waals surface area contributed by atoms with Crippen LogP contribution >= 0.6 is 34.2 Å². The van der Waals surface area contributed by atoms with Crippen molar-refractivity contribution in [2.45, 2.75) is 13.0 Å². The molecule has 2 aromatic carbocycles. The van der Waals surface area contributed by atoms with Crippen LogP contribution in [0.15, 0.2) is 48.7 Å². The van der Waals surface area contributed by atoms with E-state index >= 15 is 0 Å². The molecule has 3 heterocycles. The second-order valence-electron chi connectivity index (χ2n) is 6.81. The molecule has 5 rings (SSSR count). The van der Waals surface area contributed by atoms with Gasteiger partial charge in [-0.2, -0.15) is 4.98 Å². The van der Waals surface area contributed by atoms with Crippen LogP contribution in [-0.4, -0.2) is 21.3 Å². The van der Waals surface area contributed by atoms with Crippen molar-refractivity contribution in [3.8, 4) is 11.5 Å². The monoisotopic (exact) mass is 518 g/mol. The van der Waals surface area contributed by atoms with Gasteiger partial charge in [-0.05, 0) is 57.8 Å². The van der Waals surface area contributed by atoms with E-state index in [1.165, 1.54) is 5.56 Å². The standard InChI is InChI=1S/C21H16ClIN4O2/c22-19-18-14(6-12-4-2-1-3-5-12)10-27(20(18)26-21(24)25-19)9-13-7-16-17(8-15(13)23)29-11-28-16/h1-5,7-8,10H,6,9,11H2,(H2,24,25,26). The fourth-order valence-corrected chi connectivity index (χ4v) is 4.47. The Labute approximate surface area is 185 Å². The molecule has 0 aliphatic carbocycles. The van der Waals surface area contributed by atoms with Crippen molar-refractivity contribution in [3.63, 3.8) is 0 Å². The highest BCUT2D eigenvalue weighted by Crippen LogP contribution is 2.36. The van der Waals surface area contributed by atoms with E-state index in [1.807, 2.05) is 30.3 Å². The molecule has 1 aliphatic rings. The Morgan fingerprint density at radius 1 is 1.07 bits per heavy atom. The zero-order valence-corrected chi connectivity index (χ0v) is 18.1. The molecule has 0 spiro atoms. The van der Waals surface area contributed by atoms with Crippen LogP contribution in [0.25, 0.3) is 11.0 Å². The molecular formula is C21H16ClIN4O2. The quantitative estimate of drug-likeness (QED) is 0.315. The zero-order valence-electron chi connectivity index (χ0n) is 15.2. The first kappa shape index (κ1) is 18.5. The molecule has 0 saturated carbocycles. The minimum Gasteiger partial charge on any atom is -0.454 e. The second-order valence-corrected chi connectivity index (χ2v) is 8.33. The molecule has 0 amide bonds. The third-order valence-corrected chi connectivity index (χ3v) is 6.17. The van der Waals surface area contributed by atoms with Crippen LogP contribution in [0.1, 0.15) is 16.7 Å². The number of ether oxygens (including phenoxy) is 2. The maximum atomic E-state index is 6.48. The topological polar surface area (TPSA) is 75.2 Å². The fourth-order valence-electron chi connectivity index (χ4n) is 3.57. The van der Waals surface area contributed by atoms with Gasteiger partial charge >= 0.3 is 0 Å². The van der Waals surface area contributed by atoms with Crippen molar-refractivity contribution in [2.75, 3.05) is 12.5 Å². The molecule has 0 bridgehead atoms. The first-order chi connectivity index (χ1) is 14.1. The Balaban J connectivity index is 1.61. The molecule has 0 saturated heterocycles. The Hall–Kier alpha value is -2.52. The van der Waals surface area contributed by atoms with Crippen LogP contribution in [0.3, 0.4) is 0 Å². The van der Waals surface area contributed by atoms with Crippen LogP contribution in [0.4, 0.5) is 5.95 Å². The molecule has 146 valence electrons. The van der Waals surface area contributed by atoms with E-state index in [-0.39, 0.29) is 12.7 Å². The van der Waals surface area contributed by atoms with Crippen molar-refractivity contribution >= 4 is 51.2 Å². The number of rotatable bonds is 4. The number of nitrogens with zero attached hydrogens (tertiary/aromatic N) is 3. The summed E-state index contributed by atoms with van der Waals surface area (Å²) in [5.74, 6) is 1.69. The van der Waals surface area contributed by atoms with Gasteiger partial charge in [0, 0.05) is 9.77 Å². The highest BCUT2D eigenvalue weighted by molar-refractivity contribution is 14.1. The van der Waals surface area contributed by atoms with Crippen molar-refractivity contribution in [3.05, 3.63) is 74.1 Å². The van der Waals surface area contributed by atoms with E-state index in [4.69, 9.17) is 26.8 Å². The van der Waals surface area contributed by atoms with Gasteiger partial charge in [0.25, 0.3) is 0 Å². The summed E-state index contributed by atoms with van der Waals surface area (Å²) in [6.45, 7) is 0.856. The Kier molecular flexibility index (Phi) is 4.71. The van der Waals surface area contributed by atoms with E-state index in [9.17, 15) is 0 Å². The highest BCUT2D eigenvalue weighted by Gasteiger charge is 2.19. The van der Waals surface area contributed by atoms with Crippen LogP contribution in [0, 0.1) is 3.57 Å². The van der Waals surface area contributed by atoms with E-state index in [0.717, 1.165) is 43.7 Å². The summed E-state index contributed by atoms with van der Waals surface area (Å²) in [5.41, 5.74) is 9.98. The predicted octanol–water partition coefficient (Wildman–Crippen LogP) is 4.64. The molecule has 0 atom stereocenters. The Morgan fingerprint density at radius 2 is 1.83 bits per heavy atom. The fraction of sp³-hybridized carbons (Fsp3) is 0.143. The minimum atomic E-state index is 0.161. The molecule has 29 heavy (non-hydrogen) atoms. The molecule has 0 unspecified atom stereocenters. The first-order valence-electron chi connectivity index (χ1n) is 9.01. The third kappa shape index (κ3) is 3.49. The molecule has 2 aromatic heterocycles. The van der Waals surface area contributed by atoms with E-state index in [1.54, 1.807) is 0 Å². The van der Waals surface area contributed by atoms with Crippen molar-refractivity contribution in [1.29, 1.82) is 0 Å². The summed E-state index contributed by atoms with van der Waals surface area (Å²) >= 11 is 8.79. The van der Waals surface area contributed by atoms with Crippen LogP contribution in [-0.2, 0) is 13.0 Å². The molecule has 0 fully saturated rings. The van der Waals surface area contributed by atoms with Gasteiger partial charge in [0.2, 0.25) is 12.7 Å². The van der Waals surface area contributed by atoms with Gasteiger partial charge in [0.05, 0.1) is 11.9 Å². The lowest BCUT2D eigenvalue weighted by Crippen LogP contribution is -2.03. The van der Waals surface area contributed by atoms with Crippen LogP contribution in [0.2, 0.25) is 5.15 Å². The van der Waals surface area contributed by atoms with Crippen molar-refractivity contribution in [2.24, 2.45) is 0 Å². The minimum absolute atomic E-state index is 0.161. The van der Waals surface area contributed by atoms with Crippen molar-refractivity contribution in [1.82, 2.24) is 14.5 Å². The highest BCUT2D eigenvalue weighted by atomic mass is 127. The summed E-state index contributed by atoms with van der Waals surface area (Å²) < 4.78 is 14.2. The third-order valence-electron chi connectivity index (χ3n) is 4.89. The predicted molar refractivity (Wildman–Crippen MR) is 121 cm³/mol. The van der Waals surface area contributed by atoms with Gasteiger partial charge in [-0.3, -0.25) is 0 Å². The summed E-state index contributed by atoms with van der Waals surface area (Å²) in [4.78, 5) is 8.65. The number of halogens is 2. The van der Waals surface area contributed by atoms with Gasteiger partial charge in [-0.15, -0.1) is 0 Å². The number of aromatic nitrogens is 3. The summed E-state index contributed by atoms with van der Waals surface area (Å²) in [6, 6.07) is 14.3. The number of fused-ring (bicyclic) bond motifs is 2. The molecule has 2 N–H and O–H groups in total. The molecule has 4 aromatic rings. The van der Waals surface area contributed by atoms with Gasteiger partial charge in [-0.25, -0.2) is 4.98 Å². The average molecular weight is 519 g/mol. The molecule has 6 nitrogen and oxygen atoms in total. The van der Waals surface area contributed by atoms with Crippen LogP contribution in [0.5, 0.6) is 11.5 Å². The maximum Gasteiger partial charge on any atom is 0.231 e. The van der Waals surface area contributed by atoms with Gasteiger partial charge in [0.15, 0.2) is 11.5 Å². The normalized spacial score (nSPS) is 12.6. The summed E-state index contributed by atoms with van der Waals surface area (Å²) in [5, 5.41) is 1.21. The number of hydrogen-bond acceptors (Lipinski definition) is 5. The average Bonchev–Trinajstić information content (AvgIpc) is 3.27. The SMILES string of the molecule is Nc1nc(Cl)c2c(Cc3ccccc3)cn(Cc3cc4c(cc3I)OCO4)c2n1. The van der Waals surface area contributed by atoms with Crippen LogP contribution < -0.4 is 15.2 Å². The summed E-state index contributed by atoms with van der Waals surface area (Å²) in [7, 11) is 0. The van der Waals surface area contributed by atoms with E-state index in [2.05, 4.69) is 55.5 Å². The number of benzene rings is 2. The molecular weight excluding hydrogens is 503 g/mol. The molecule has 1 aliphatic heterocycles. The number of nitrogen functional groups attached to an aromatic ring is 1. The van der Waals surface area contributed by atoms with E-state index < -0.39 is 0 Å². The lowest BCUT2D eigenvalue weighted by molar-refractivity contribution is 0.174. The first-order valence-corrected chi connectivity index (χ1v) is 10.5. The van der Waals surface area contributed by atoms with Gasteiger partial charge in [0.1, 0.15) is 10.8 Å².